The molecule has 0 aliphatic rings. The number of hydrogen-bond donors (Lipinski definition) is 2. The largest absolute Gasteiger partial charge is 0.357 e. The number of hydrogen-bond acceptors (Lipinski definition) is 4. The highest BCUT2D eigenvalue weighted by Crippen LogP contribution is 2.02. The van der Waals surface area contributed by atoms with Gasteiger partial charge in [0.2, 0.25) is 0 Å². The fourth-order valence-corrected chi connectivity index (χ4v) is 2.24. The summed E-state index contributed by atoms with van der Waals surface area (Å²) in [4.78, 5) is 4.56. The number of nitrogens with zero attached hydrogens (tertiary/aromatic N) is 6. The molecule has 0 radical (unpaired) electrons. The maximum atomic E-state index is 4.56. The van der Waals surface area contributed by atoms with Gasteiger partial charge in [-0.05, 0) is 19.1 Å². The van der Waals surface area contributed by atoms with Crippen LogP contribution in [0.4, 0.5) is 0 Å². The van der Waals surface area contributed by atoms with E-state index >= 15 is 0 Å². The summed E-state index contributed by atoms with van der Waals surface area (Å²) in [6, 6.07) is 5.83. The molecule has 0 atom stereocenters. The third kappa shape index (κ3) is 4.43. The summed E-state index contributed by atoms with van der Waals surface area (Å²) in [6.45, 7) is 3.95. The Morgan fingerprint density at radius 3 is 2.88 bits per heavy atom. The van der Waals surface area contributed by atoms with Gasteiger partial charge in [0.05, 0.1) is 19.3 Å². The number of guanidine groups is 1. The zero-order valence-corrected chi connectivity index (χ0v) is 16.0. The van der Waals surface area contributed by atoms with Gasteiger partial charge >= 0.3 is 0 Å². The summed E-state index contributed by atoms with van der Waals surface area (Å²) in [5.41, 5.74) is 1.90. The highest BCUT2D eigenvalue weighted by molar-refractivity contribution is 14.0. The van der Waals surface area contributed by atoms with Crippen LogP contribution in [0.25, 0.3) is 5.65 Å². The van der Waals surface area contributed by atoms with Crippen LogP contribution in [0.2, 0.25) is 0 Å². The van der Waals surface area contributed by atoms with Gasteiger partial charge in [0.15, 0.2) is 17.4 Å². The van der Waals surface area contributed by atoms with Gasteiger partial charge in [0.1, 0.15) is 0 Å². The van der Waals surface area contributed by atoms with Crippen molar-refractivity contribution in [2.45, 2.75) is 20.0 Å². The van der Waals surface area contributed by atoms with Crippen LogP contribution in [-0.2, 0) is 20.1 Å². The molecule has 2 N–H and O–H groups in total. The molecular weight excluding hydrogens is 419 g/mol. The second kappa shape index (κ2) is 8.62. The maximum Gasteiger partial charge on any atom is 0.191 e. The van der Waals surface area contributed by atoms with E-state index in [1.54, 1.807) is 4.68 Å². The molecule has 0 unspecified atom stereocenters. The van der Waals surface area contributed by atoms with Crippen molar-refractivity contribution >= 4 is 35.6 Å². The summed E-state index contributed by atoms with van der Waals surface area (Å²) in [5.74, 6) is 1.58. The molecule has 0 fully saturated rings. The molecule has 0 aliphatic heterocycles. The molecule has 128 valence electrons. The number of halogens is 1. The predicted molar refractivity (Wildman–Crippen MR) is 103 cm³/mol. The van der Waals surface area contributed by atoms with Crippen LogP contribution in [0.15, 0.2) is 41.8 Å². The summed E-state index contributed by atoms with van der Waals surface area (Å²) in [5, 5.41) is 19.0. The van der Waals surface area contributed by atoms with Crippen molar-refractivity contribution in [2.75, 3.05) is 6.54 Å². The van der Waals surface area contributed by atoms with Crippen LogP contribution in [0.1, 0.15) is 18.3 Å². The van der Waals surface area contributed by atoms with E-state index in [0.717, 1.165) is 29.5 Å². The molecule has 0 amide bonds. The van der Waals surface area contributed by atoms with E-state index in [4.69, 9.17) is 0 Å². The third-order valence-corrected chi connectivity index (χ3v) is 3.32. The van der Waals surface area contributed by atoms with Crippen LogP contribution in [0, 0.1) is 0 Å². The van der Waals surface area contributed by atoms with Crippen LogP contribution in [-0.4, -0.2) is 36.9 Å². The molecule has 8 nitrogen and oxygen atoms in total. The van der Waals surface area contributed by atoms with Crippen molar-refractivity contribution in [2.24, 2.45) is 12.0 Å². The van der Waals surface area contributed by atoms with E-state index in [1.165, 1.54) is 0 Å². The fourth-order valence-electron chi connectivity index (χ4n) is 2.24. The van der Waals surface area contributed by atoms with E-state index in [9.17, 15) is 0 Å². The first kappa shape index (κ1) is 18.2. The lowest BCUT2D eigenvalue weighted by Gasteiger charge is -2.10. The molecule has 0 aromatic carbocycles. The van der Waals surface area contributed by atoms with Gasteiger partial charge < -0.3 is 10.6 Å². The van der Waals surface area contributed by atoms with Gasteiger partial charge in [-0.1, -0.05) is 6.07 Å². The second-order valence-electron chi connectivity index (χ2n) is 5.12. The molecule has 0 saturated carbocycles. The summed E-state index contributed by atoms with van der Waals surface area (Å²) in [7, 11) is 1.90. The Morgan fingerprint density at radius 2 is 2.12 bits per heavy atom. The Labute approximate surface area is 157 Å². The van der Waals surface area contributed by atoms with E-state index in [2.05, 4.69) is 30.9 Å². The van der Waals surface area contributed by atoms with Crippen molar-refractivity contribution < 1.29 is 0 Å². The summed E-state index contributed by atoms with van der Waals surface area (Å²) < 4.78 is 3.73. The van der Waals surface area contributed by atoms with Gasteiger partial charge in [-0.2, -0.15) is 5.10 Å². The van der Waals surface area contributed by atoms with Crippen LogP contribution in [0.3, 0.4) is 0 Å². The minimum atomic E-state index is 0. The average molecular weight is 440 g/mol. The quantitative estimate of drug-likeness (QED) is 0.356. The molecule has 0 spiro atoms. The van der Waals surface area contributed by atoms with Gasteiger partial charge in [-0.3, -0.25) is 9.08 Å². The summed E-state index contributed by atoms with van der Waals surface area (Å²) >= 11 is 0. The molecule has 9 heteroatoms. The Hall–Kier alpha value is -2.17. The number of aromatic nitrogens is 5. The van der Waals surface area contributed by atoms with Crippen LogP contribution in [0.5, 0.6) is 0 Å². The molecular formula is C15H21IN8. The van der Waals surface area contributed by atoms with E-state index in [-0.39, 0.29) is 24.0 Å². The average Bonchev–Trinajstić information content (AvgIpc) is 3.16. The maximum absolute atomic E-state index is 4.56. The zero-order valence-electron chi connectivity index (χ0n) is 13.7. The molecule has 0 bridgehead atoms. The highest BCUT2D eigenvalue weighted by Gasteiger charge is 2.05. The molecule has 3 aromatic heterocycles. The molecule has 3 heterocycles. The van der Waals surface area contributed by atoms with E-state index in [1.807, 2.05) is 55.2 Å². The van der Waals surface area contributed by atoms with Gasteiger partial charge in [-0.25, -0.2) is 4.99 Å². The van der Waals surface area contributed by atoms with Crippen molar-refractivity contribution in [1.82, 2.24) is 35.0 Å². The predicted octanol–water partition coefficient (Wildman–Crippen LogP) is 1.34. The number of aliphatic imine (C=N–C) groups is 1. The van der Waals surface area contributed by atoms with Gasteiger partial charge in [0.25, 0.3) is 0 Å². The van der Waals surface area contributed by atoms with Crippen molar-refractivity contribution in [3.05, 3.63) is 48.2 Å². The standard InChI is InChI=1S/C15H20N8.HI/c1-3-16-15(17-8-12-9-19-22(2)11-12)18-10-14-21-20-13-6-4-5-7-23(13)14;/h4-7,9,11H,3,8,10H2,1-2H3,(H2,16,17,18);1H. The lowest BCUT2D eigenvalue weighted by Crippen LogP contribution is -2.37. The van der Waals surface area contributed by atoms with Gasteiger partial charge in [0, 0.05) is 31.5 Å². The number of rotatable bonds is 5. The molecule has 0 aliphatic carbocycles. The topological polar surface area (TPSA) is 84.4 Å². The first-order valence-electron chi connectivity index (χ1n) is 7.54. The molecule has 3 rings (SSSR count). The Kier molecular flexibility index (Phi) is 6.53. The minimum absolute atomic E-state index is 0. The first-order valence-corrected chi connectivity index (χ1v) is 7.54. The van der Waals surface area contributed by atoms with Crippen molar-refractivity contribution in [3.8, 4) is 0 Å². The third-order valence-electron chi connectivity index (χ3n) is 3.32. The number of pyridine rings is 1. The number of nitrogens with one attached hydrogen (secondary N) is 2. The van der Waals surface area contributed by atoms with Crippen molar-refractivity contribution in [1.29, 1.82) is 0 Å². The minimum Gasteiger partial charge on any atom is -0.357 e. The Balaban J connectivity index is 0.00000208. The zero-order chi connectivity index (χ0) is 16.1. The first-order chi connectivity index (χ1) is 11.3. The highest BCUT2D eigenvalue weighted by atomic mass is 127. The Morgan fingerprint density at radius 1 is 1.25 bits per heavy atom. The van der Waals surface area contributed by atoms with Crippen molar-refractivity contribution in [3.63, 3.8) is 0 Å². The SMILES string of the molecule is CCNC(=NCc1cnn(C)c1)NCc1nnc2ccccn12.I. The van der Waals surface area contributed by atoms with Crippen LogP contribution >= 0.6 is 24.0 Å². The Bertz CT molecular complexity index is 807. The lowest BCUT2D eigenvalue weighted by molar-refractivity contribution is 0.762. The van der Waals surface area contributed by atoms with E-state index in [0.29, 0.717) is 13.1 Å². The molecule has 3 aromatic rings. The number of fused-ring (bicyclic) bond motifs is 1. The monoisotopic (exact) mass is 440 g/mol. The fraction of sp³-hybridized carbons (Fsp3) is 0.333. The number of aryl methyl sites for hydroxylation is 1. The lowest BCUT2D eigenvalue weighted by atomic mass is 10.4. The summed E-state index contributed by atoms with van der Waals surface area (Å²) in [6.07, 6.45) is 5.73. The molecule has 0 saturated heterocycles. The van der Waals surface area contributed by atoms with Crippen LogP contribution < -0.4 is 10.6 Å². The normalized spacial score (nSPS) is 11.3. The van der Waals surface area contributed by atoms with Gasteiger partial charge in [-0.15, -0.1) is 34.2 Å². The molecule has 24 heavy (non-hydrogen) atoms. The smallest absolute Gasteiger partial charge is 0.191 e. The van der Waals surface area contributed by atoms with E-state index < -0.39 is 0 Å². The second-order valence-corrected chi connectivity index (χ2v) is 5.12.